The number of rotatable bonds is 5. The van der Waals surface area contributed by atoms with Crippen LogP contribution < -0.4 is 15.0 Å². The molecule has 4 rings (SSSR count). The van der Waals surface area contributed by atoms with Gasteiger partial charge in [0.15, 0.2) is 0 Å². The summed E-state index contributed by atoms with van der Waals surface area (Å²) in [6.45, 7) is 0.232. The minimum Gasteiger partial charge on any atom is -0.489 e. The molecule has 0 unspecified atom stereocenters. The van der Waals surface area contributed by atoms with E-state index in [2.05, 4.69) is 5.32 Å². The number of para-hydroxylation sites is 1. The Balaban J connectivity index is 1.56. The molecule has 1 fully saturated rings. The van der Waals surface area contributed by atoms with Gasteiger partial charge < -0.3 is 4.74 Å². The van der Waals surface area contributed by atoms with Gasteiger partial charge in [0.25, 0.3) is 11.8 Å². The van der Waals surface area contributed by atoms with E-state index in [0.29, 0.717) is 17.0 Å². The molecule has 1 aliphatic heterocycles. The summed E-state index contributed by atoms with van der Waals surface area (Å²) in [5.41, 5.74) is 1.54. The van der Waals surface area contributed by atoms with Crippen LogP contribution in [0.1, 0.15) is 11.1 Å². The van der Waals surface area contributed by atoms with Gasteiger partial charge in [-0.15, -0.1) is 0 Å². The summed E-state index contributed by atoms with van der Waals surface area (Å²) in [6.07, 6.45) is 1.41. The Hall–Kier alpha value is -4.26. The van der Waals surface area contributed by atoms with Crippen LogP contribution in [0.15, 0.2) is 84.4 Å². The average molecular weight is 416 g/mol. The highest BCUT2D eigenvalue weighted by Gasteiger charge is 2.36. The van der Waals surface area contributed by atoms with E-state index in [4.69, 9.17) is 4.74 Å². The number of carbonyl (C=O) groups is 3. The fourth-order valence-corrected chi connectivity index (χ4v) is 3.08. The summed E-state index contributed by atoms with van der Waals surface area (Å²) < 4.78 is 18.7. The van der Waals surface area contributed by atoms with E-state index >= 15 is 0 Å². The summed E-state index contributed by atoms with van der Waals surface area (Å²) in [4.78, 5) is 38.3. The van der Waals surface area contributed by atoms with E-state index in [1.54, 1.807) is 66.7 Å². The van der Waals surface area contributed by atoms with Gasteiger partial charge in [-0.25, -0.2) is 14.1 Å². The zero-order chi connectivity index (χ0) is 21.8. The number of imide groups is 2. The van der Waals surface area contributed by atoms with Gasteiger partial charge in [0.1, 0.15) is 23.7 Å². The van der Waals surface area contributed by atoms with E-state index in [1.807, 2.05) is 0 Å². The van der Waals surface area contributed by atoms with Crippen molar-refractivity contribution in [3.63, 3.8) is 0 Å². The van der Waals surface area contributed by atoms with Crippen molar-refractivity contribution in [2.45, 2.75) is 6.61 Å². The molecular weight excluding hydrogens is 399 g/mol. The lowest BCUT2D eigenvalue weighted by Crippen LogP contribution is -2.54. The third kappa shape index (κ3) is 4.51. The summed E-state index contributed by atoms with van der Waals surface area (Å²) in [6, 6.07) is 20.3. The summed E-state index contributed by atoms with van der Waals surface area (Å²) in [5.74, 6) is -1.29. The van der Waals surface area contributed by atoms with Crippen LogP contribution in [-0.4, -0.2) is 17.8 Å². The maximum Gasteiger partial charge on any atom is 0.335 e. The topological polar surface area (TPSA) is 75.7 Å². The standard InChI is InChI=1S/C24H17FN2O4/c25-18-11-9-16(10-12-18)15-31-20-8-4-5-17(13-20)14-21-22(28)26-24(30)27(23(21)29)19-6-2-1-3-7-19/h1-14H,15H2,(H,26,28,30)/b21-14+. The number of urea groups is 1. The van der Waals surface area contributed by atoms with Crippen LogP contribution in [0, 0.1) is 5.82 Å². The first kappa shape index (κ1) is 20.0. The minimum absolute atomic E-state index is 0.167. The van der Waals surface area contributed by atoms with Gasteiger partial charge in [-0.05, 0) is 53.6 Å². The predicted molar refractivity (Wildman–Crippen MR) is 113 cm³/mol. The Labute approximate surface area is 177 Å². The molecule has 3 aromatic carbocycles. The second kappa shape index (κ2) is 8.62. The fraction of sp³-hybridized carbons (Fsp3) is 0.0417. The Kier molecular flexibility index (Phi) is 5.57. The van der Waals surface area contributed by atoms with Gasteiger partial charge in [-0.2, -0.15) is 0 Å². The number of carbonyl (C=O) groups excluding carboxylic acids is 3. The molecular formula is C24H17FN2O4. The van der Waals surface area contributed by atoms with Crippen molar-refractivity contribution in [1.29, 1.82) is 0 Å². The Morgan fingerprint density at radius 3 is 2.39 bits per heavy atom. The highest BCUT2D eigenvalue weighted by molar-refractivity contribution is 6.39. The number of barbiturate groups is 1. The van der Waals surface area contributed by atoms with Crippen LogP contribution in [0.4, 0.5) is 14.9 Å². The third-order valence-electron chi connectivity index (χ3n) is 4.60. The molecule has 0 saturated carbocycles. The molecule has 0 spiro atoms. The van der Waals surface area contributed by atoms with Gasteiger partial charge in [0.05, 0.1) is 5.69 Å². The molecule has 1 saturated heterocycles. The van der Waals surface area contributed by atoms with Gasteiger partial charge in [0.2, 0.25) is 0 Å². The molecule has 154 valence electrons. The van der Waals surface area contributed by atoms with E-state index in [0.717, 1.165) is 10.5 Å². The van der Waals surface area contributed by atoms with E-state index in [1.165, 1.54) is 18.2 Å². The molecule has 0 atom stereocenters. The molecule has 7 heteroatoms. The van der Waals surface area contributed by atoms with Crippen LogP contribution in [-0.2, 0) is 16.2 Å². The van der Waals surface area contributed by atoms with Gasteiger partial charge >= 0.3 is 6.03 Å². The Morgan fingerprint density at radius 1 is 0.903 bits per heavy atom. The SMILES string of the molecule is O=C1NC(=O)N(c2ccccc2)C(=O)/C1=C/c1cccc(OCc2ccc(F)cc2)c1. The molecule has 0 bridgehead atoms. The zero-order valence-electron chi connectivity index (χ0n) is 16.2. The van der Waals surface area contributed by atoms with Crippen LogP contribution in [0.25, 0.3) is 6.08 Å². The lowest BCUT2D eigenvalue weighted by molar-refractivity contribution is -0.122. The van der Waals surface area contributed by atoms with Crippen molar-refractivity contribution >= 4 is 29.6 Å². The zero-order valence-corrected chi connectivity index (χ0v) is 16.2. The van der Waals surface area contributed by atoms with Crippen LogP contribution >= 0.6 is 0 Å². The first-order valence-electron chi connectivity index (χ1n) is 9.45. The van der Waals surface area contributed by atoms with Crippen molar-refractivity contribution in [3.05, 3.63) is 101 Å². The molecule has 0 aliphatic carbocycles. The number of nitrogens with one attached hydrogen (secondary N) is 1. The molecule has 3 aromatic rings. The average Bonchev–Trinajstić information content (AvgIpc) is 2.77. The molecule has 0 aromatic heterocycles. The normalized spacial score (nSPS) is 15.2. The Morgan fingerprint density at radius 2 is 1.65 bits per heavy atom. The molecule has 6 nitrogen and oxygen atoms in total. The first-order valence-corrected chi connectivity index (χ1v) is 9.45. The van der Waals surface area contributed by atoms with Crippen molar-refractivity contribution in [2.75, 3.05) is 4.90 Å². The van der Waals surface area contributed by atoms with Gasteiger partial charge in [-0.1, -0.05) is 42.5 Å². The lowest BCUT2D eigenvalue weighted by Gasteiger charge is -2.26. The van der Waals surface area contributed by atoms with Gasteiger partial charge in [0, 0.05) is 0 Å². The third-order valence-corrected chi connectivity index (χ3v) is 4.60. The summed E-state index contributed by atoms with van der Waals surface area (Å²) >= 11 is 0. The highest BCUT2D eigenvalue weighted by atomic mass is 19.1. The highest BCUT2D eigenvalue weighted by Crippen LogP contribution is 2.23. The lowest BCUT2D eigenvalue weighted by atomic mass is 10.1. The fourth-order valence-electron chi connectivity index (χ4n) is 3.08. The van der Waals surface area contributed by atoms with Gasteiger partial charge in [-0.3, -0.25) is 14.9 Å². The quantitative estimate of drug-likeness (QED) is 0.503. The van der Waals surface area contributed by atoms with Crippen molar-refractivity contribution in [1.82, 2.24) is 5.32 Å². The second-order valence-corrected chi connectivity index (χ2v) is 6.78. The molecule has 4 amide bonds. The van der Waals surface area contributed by atoms with Crippen LogP contribution in [0.2, 0.25) is 0 Å². The van der Waals surface area contributed by atoms with E-state index in [-0.39, 0.29) is 18.0 Å². The van der Waals surface area contributed by atoms with Crippen molar-refractivity contribution in [2.24, 2.45) is 0 Å². The predicted octanol–water partition coefficient (Wildman–Crippen LogP) is 4.07. The van der Waals surface area contributed by atoms with E-state index in [9.17, 15) is 18.8 Å². The van der Waals surface area contributed by atoms with Crippen molar-refractivity contribution in [3.8, 4) is 5.75 Å². The molecule has 1 heterocycles. The molecule has 31 heavy (non-hydrogen) atoms. The monoisotopic (exact) mass is 416 g/mol. The first-order chi connectivity index (χ1) is 15.0. The maximum absolute atomic E-state index is 13.0. The van der Waals surface area contributed by atoms with Crippen molar-refractivity contribution < 1.29 is 23.5 Å². The summed E-state index contributed by atoms with van der Waals surface area (Å²) in [7, 11) is 0. The van der Waals surface area contributed by atoms with Crippen LogP contribution in [0.5, 0.6) is 5.75 Å². The smallest absolute Gasteiger partial charge is 0.335 e. The summed E-state index contributed by atoms with van der Waals surface area (Å²) in [5, 5.41) is 2.19. The Bertz CT molecular complexity index is 1170. The largest absolute Gasteiger partial charge is 0.489 e. The second-order valence-electron chi connectivity index (χ2n) is 6.78. The molecule has 0 radical (unpaired) electrons. The number of halogens is 1. The maximum atomic E-state index is 13.0. The number of hydrogen-bond acceptors (Lipinski definition) is 4. The number of hydrogen-bond donors (Lipinski definition) is 1. The number of amides is 4. The van der Waals surface area contributed by atoms with E-state index < -0.39 is 17.8 Å². The molecule has 1 N–H and O–H groups in total. The number of benzene rings is 3. The molecule has 1 aliphatic rings. The van der Waals surface area contributed by atoms with Crippen LogP contribution in [0.3, 0.4) is 0 Å². The minimum atomic E-state index is -0.797. The number of nitrogens with zero attached hydrogens (tertiary/aromatic N) is 1. The number of anilines is 1. The number of ether oxygens (including phenoxy) is 1.